The molecule has 0 bridgehead atoms. The molecule has 0 radical (unpaired) electrons. The smallest absolute Gasteiger partial charge is 0.152 e. The maximum absolute atomic E-state index is 10.3. The molecule has 11 heavy (non-hydrogen) atoms. The first-order valence-electron chi connectivity index (χ1n) is 2.96. The van der Waals surface area contributed by atoms with Gasteiger partial charge in [0.05, 0.1) is 0 Å². The van der Waals surface area contributed by atoms with Crippen LogP contribution in [0.1, 0.15) is 10.4 Å². The molecule has 0 aliphatic heterocycles. The van der Waals surface area contributed by atoms with E-state index in [0.717, 1.165) is 0 Å². The van der Waals surface area contributed by atoms with Crippen molar-refractivity contribution >= 4 is 17.7 Å². The zero-order chi connectivity index (χ0) is 8.27. The predicted octanol–water partition coefficient (Wildman–Crippen LogP) is 1.48. The first-order chi connectivity index (χ1) is 5.27. The summed E-state index contributed by atoms with van der Waals surface area (Å²) >= 11 is 0. The van der Waals surface area contributed by atoms with E-state index in [0.29, 0.717) is 12.0 Å². The molecule has 4 nitrogen and oxygen atoms in total. The highest BCUT2D eigenvalue weighted by Crippen LogP contribution is 2.19. The summed E-state index contributed by atoms with van der Waals surface area (Å²) in [4.78, 5) is 20.3. The Morgan fingerprint density at radius 2 is 2.18 bits per heavy atom. The standard InChI is InChI=1S/C7H6N2O2/c8-6-1-2-7(9-11)5(3-6)4-10/h1-4H,8H2. The second kappa shape index (κ2) is 2.92. The van der Waals surface area contributed by atoms with E-state index in [1.54, 1.807) is 0 Å². The van der Waals surface area contributed by atoms with E-state index in [-0.39, 0.29) is 11.3 Å². The maximum atomic E-state index is 10.3. The Labute approximate surface area is 63.0 Å². The van der Waals surface area contributed by atoms with Crippen molar-refractivity contribution in [3.8, 4) is 0 Å². The summed E-state index contributed by atoms with van der Waals surface area (Å²) in [5, 5.41) is 2.65. The number of aldehydes is 1. The molecule has 0 fully saturated rings. The van der Waals surface area contributed by atoms with E-state index in [9.17, 15) is 9.70 Å². The Kier molecular flexibility index (Phi) is 1.96. The molecule has 0 saturated carbocycles. The quantitative estimate of drug-likeness (QED) is 0.394. The Morgan fingerprint density at radius 3 is 2.73 bits per heavy atom. The zero-order valence-electron chi connectivity index (χ0n) is 5.65. The van der Waals surface area contributed by atoms with Crippen LogP contribution in [0.3, 0.4) is 0 Å². The molecule has 0 aliphatic rings. The SMILES string of the molecule is Nc1ccc(N=O)c(C=O)c1. The second-order valence-electron chi connectivity index (χ2n) is 2.03. The third-order valence-corrected chi connectivity index (χ3v) is 1.28. The average Bonchev–Trinajstić information content (AvgIpc) is 2.04. The Morgan fingerprint density at radius 1 is 1.45 bits per heavy atom. The van der Waals surface area contributed by atoms with E-state index >= 15 is 0 Å². The molecule has 0 unspecified atom stereocenters. The molecule has 0 atom stereocenters. The van der Waals surface area contributed by atoms with Gasteiger partial charge >= 0.3 is 0 Å². The van der Waals surface area contributed by atoms with Crippen LogP contribution in [-0.2, 0) is 0 Å². The van der Waals surface area contributed by atoms with E-state index in [4.69, 9.17) is 5.73 Å². The molecule has 1 rings (SSSR count). The fourth-order valence-corrected chi connectivity index (χ4v) is 0.751. The first kappa shape index (κ1) is 7.40. The van der Waals surface area contributed by atoms with Crippen LogP contribution < -0.4 is 5.73 Å². The highest BCUT2D eigenvalue weighted by atomic mass is 16.3. The third-order valence-electron chi connectivity index (χ3n) is 1.28. The maximum Gasteiger partial charge on any atom is 0.152 e. The van der Waals surface area contributed by atoms with Crippen LogP contribution in [0.25, 0.3) is 0 Å². The summed E-state index contributed by atoms with van der Waals surface area (Å²) in [7, 11) is 0. The van der Waals surface area contributed by atoms with Crippen LogP contribution in [-0.4, -0.2) is 6.29 Å². The fourth-order valence-electron chi connectivity index (χ4n) is 0.751. The number of nitrogens with zero attached hydrogens (tertiary/aromatic N) is 1. The molecular formula is C7H6N2O2. The lowest BCUT2D eigenvalue weighted by Gasteiger charge is -1.95. The van der Waals surface area contributed by atoms with E-state index in [1.807, 2.05) is 0 Å². The average molecular weight is 150 g/mol. The van der Waals surface area contributed by atoms with Crippen molar-refractivity contribution in [3.63, 3.8) is 0 Å². The van der Waals surface area contributed by atoms with Gasteiger partial charge in [-0.05, 0) is 23.4 Å². The normalized spacial score (nSPS) is 9.09. The van der Waals surface area contributed by atoms with Crippen molar-refractivity contribution < 1.29 is 4.79 Å². The summed E-state index contributed by atoms with van der Waals surface area (Å²) in [6.07, 6.45) is 0.549. The molecule has 0 heterocycles. The third kappa shape index (κ3) is 1.40. The van der Waals surface area contributed by atoms with Gasteiger partial charge in [-0.1, -0.05) is 0 Å². The number of hydrogen-bond donors (Lipinski definition) is 1. The molecule has 0 aliphatic carbocycles. The summed E-state index contributed by atoms with van der Waals surface area (Å²) < 4.78 is 0. The molecule has 4 heteroatoms. The number of carbonyl (C=O) groups excluding carboxylic acids is 1. The molecule has 0 spiro atoms. The molecule has 2 N–H and O–H groups in total. The van der Waals surface area contributed by atoms with Crippen molar-refractivity contribution in [2.75, 3.05) is 5.73 Å². The van der Waals surface area contributed by atoms with Gasteiger partial charge in [-0.15, -0.1) is 4.91 Å². The molecule has 1 aromatic rings. The van der Waals surface area contributed by atoms with Gasteiger partial charge in [0, 0.05) is 11.3 Å². The molecule has 0 amide bonds. The van der Waals surface area contributed by atoms with Crippen LogP contribution >= 0.6 is 0 Å². The first-order valence-corrected chi connectivity index (χ1v) is 2.96. The van der Waals surface area contributed by atoms with Gasteiger partial charge in [0.2, 0.25) is 0 Å². The van der Waals surface area contributed by atoms with Crippen molar-refractivity contribution in [1.82, 2.24) is 0 Å². The van der Waals surface area contributed by atoms with Crippen molar-refractivity contribution in [1.29, 1.82) is 0 Å². The monoisotopic (exact) mass is 150 g/mol. The van der Waals surface area contributed by atoms with Gasteiger partial charge in [0.25, 0.3) is 0 Å². The molecule has 56 valence electrons. The van der Waals surface area contributed by atoms with Crippen LogP contribution in [0.15, 0.2) is 23.4 Å². The topological polar surface area (TPSA) is 72.5 Å². The van der Waals surface area contributed by atoms with Gasteiger partial charge in [-0.2, -0.15) is 0 Å². The number of carbonyl (C=O) groups is 1. The lowest BCUT2D eigenvalue weighted by atomic mass is 10.2. The Balaban J connectivity index is 3.26. The molecule has 0 aromatic heterocycles. The molecule has 1 aromatic carbocycles. The number of benzene rings is 1. The van der Waals surface area contributed by atoms with Crippen LogP contribution in [0, 0.1) is 4.91 Å². The number of rotatable bonds is 2. The lowest BCUT2D eigenvalue weighted by molar-refractivity contribution is 0.112. The fraction of sp³-hybridized carbons (Fsp3) is 0. The number of nitroso groups, excluding NO2 is 1. The van der Waals surface area contributed by atoms with E-state index in [1.165, 1.54) is 18.2 Å². The number of nitrogen functional groups attached to an aromatic ring is 1. The molecular weight excluding hydrogens is 144 g/mol. The minimum atomic E-state index is 0.120. The van der Waals surface area contributed by atoms with Crippen LogP contribution in [0.2, 0.25) is 0 Å². The lowest BCUT2D eigenvalue weighted by Crippen LogP contribution is -1.87. The van der Waals surface area contributed by atoms with E-state index < -0.39 is 0 Å². The minimum absolute atomic E-state index is 0.120. The Hall–Kier alpha value is -1.71. The van der Waals surface area contributed by atoms with Crippen molar-refractivity contribution in [2.24, 2.45) is 5.18 Å². The highest BCUT2D eigenvalue weighted by molar-refractivity contribution is 5.84. The summed E-state index contributed by atoms with van der Waals surface area (Å²) in [5.74, 6) is 0. The number of hydrogen-bond acceptors (Lipinski definition) is 4. The van der Waals surface area contributed by atoms with Crippen LogP contribution in [0.5, 0.6) is 0 Å². The van der Waals surface area contributed by atoms with Gasteiger partial charge in [-0.25, -0.2) is 0 Å². The van der Waals surface area contributed by atoms with Gasteiger partial charge in [0.1, 0.15) is 5.69 Å². The highest BCUT2D eigenvalue weighted by Gasteiger charge is 2.00. The second-order valence-corrected chi connectivity index (χ2v) is 2.03. The number of nitrogens with two attached hydrogens (primary N) is 1. The van der Waals surface area contributed by atoms with Crippen molar-refractivity contribution in [3.05, 3.63) is 28.7 Å². The van der Waals surface area contributed by atoms with Gasteiger partial charge in [0.15, 0.2) is 6.29 Å². The number of anilines is 1. The summed E-state index contributed by atoms with van der Waals surface area (Å²) in [6.45, 7) is 0. The van der Waals surface area contributed by atoms with E-state index in [2.05, 4.69) is 5.18 Å². The largest absolute Gasteiger partial charge is 0.399 e. The minimum Gasteiger partial charge on any atom is -0.399 e. The zero-order valence-corrected chi connectivity index (χ0v) is 5.65. The van der Waals surface area contributed by atoms with Crippen LogP contribution in [0.4, 0.5) is 11.4 Å². The van der Waals surface area contributed by atoms with Crippen molar-refractivity contribution in [2.45, 2.75) is 0 Å². The summed E-state index contributed by atoms with van der Waals surface area (Å²) in [6, 6.07) is 4.33. The molecule has 0 saturated heterocycles. The predicted molar refractivity (Wildman–Crippen MR) is 41.7 cm³/mol. The summed E-state index contributed by atoms with van der Waals surface area (Å²) in [5.41, 5.74) is 6.14. The van der Waals surface area contributed by atoms with Gasteiger partial charge < -0.3 is 5.73 Å². The Bertz CT molecular complexity index is 296. The van der Waals surface area contributed by atoms with Gasteiger partial charge in [-0.3, -0.25) is 4.79 Å².